The second-order valence-corrected chi connectivity index (χ2v) is 8.06. The molecule has 3 heteroatoms. The molecule has 0 heterocycles. The summed E-state index contributed by atoms with van der Waals surface area (Å²) < 4.78 is 1.07. The Labute approximate surface area is 165 Å². The van der Waals surface area contributed by atoms with Crippen LogP contribution in [0.15, 0.2) is 48.5 Å². The topological polar surface area (TPSA) is 20.2 Å². The molecule has 0 radical (unpaired) electrons. The molecule has 0 unspecified atom stereocenters. The van der Waals surface area contributed by atoms with Crippen LogP contribution in [0, 0.1) is 6.92 Å². The maximum Gasteiger partial charge on any atom is 0.118 e. The summed E-state index contributed by atoms with van der Waals surface area (Å²) >= 11 is 0. The predicted octanol–water partition coefficient (Wildman–Crippen LogP) is 2.49. The van der Waals surface area contributed by atoms with Gasteiger partial charge in [-0.2, -0.15) is 0 Å². The number of phenols is 1. The van der Waals surface area contributed by atoms with Gasteiger partial charge in [-0.25, -0.2) is 0 Å². The lowest BCUT2D eigenvalue weighted by molar-refractivity contribution is -0.949. The van der Waals surface area contributed by atoms with Crippen molar-refractivity contribution in [1.82, 2.24) is 0 Å². The highest BCUT2D eigenvalue weighted by Gasteiger charge is 2.31. The molecule has 2 nitrogen and oxygen atoms in total. The number of hydrogen-bond donors (Lipinski definition) is 1. The van der Waals surface area contributed by atoms with E-state index in [0.717, 1.165) is 23.0 Å². The van der Waals surface area contributed by atoms with Crippen LogP contribution in [0.5, 0.6) is 5.75 Å². The molecule has 0 saturated carbocycles. The Hall–Kier alpha value is -1.51. The number of aryl methyl sites for hydroxylation is 1. The monoisotopic (exact) mass is 375 g/mol. The van der Waals surface area contributed by atoms with Gasteiger partial charge in [0.05, 0.1) is 25.7 Å². The maximum atomic E-state index is 9.90. The lowest BCUT2D eigenvalue weighted by Crippen LogP contribution is -3.00. The molecule has 0 spiro atoms. The first-order valence-electron chi connectivity index (χ1n) is 9.45. The third kappa shape index (κ3) is 5.02. The molecule has 0 aliphatic rings. The minimum atomic E-state index is 0. The Balaban J connectivity index is 0.00000338. The largest absolute Gasteiger partial charge is 1.00 e. The molecule has 1 atom stereocenters. The lowest BCUT2D eigenvalue weighted by atomic mass is 9.87. The zero-order chi connectivity index (χ0) is 18.6. The van der Waals surface area contributed by atoms with Crippen LogP contribution in [-0.2, 0) is 0 Å². The molecular weight excluding hydrogens is 342 g/mol. The van der Waals surface area contributed by atoms with Gasteiger partial charge in [-0.3, -0.25) is 0 Å². The van der Waals surface area contributed by atoms with E-state index >= 15 is 0 Å². The summed E-state index contributed by atoms with van der Waals surface area (Å²) in [5, 5.41) is 9.90. The second-order valence-electron chi connectivity index (χ2n) is 8.06. The van der Waals surface area contributed by atoms with E-state index in [-0.39, 0.29) is 12.4 Å². The van der Waals surface area contributed by atoms with Gasteiger partial charge in [0.1, 0.15) is 5.75 Å². The van der Waals surface area contributed by atoms with Crippen molar-refractivity contribution < 1.29 is 22.0 Å². The van der Waals surface area contributed by atoms with Gasteiger partial charge < -0.3 is 22.0 Å². The fraction of sp³-hybridized carbons (Fsp3) is 0.478. The number of phenolic OH excluding ortho intramolecular Hbond substituents is 1. The Morgan fingerprint density at radius 1 is 0.885 bits per heavy atom. The van der Waals surface area contributed by atoms with Gasteiger partial charge in [-0.15, -0.1) is 0 Å². The summed E-state index contributed by atoms with van der Waals surface area (Å²) in [6.45, 7) is 12.4. The van der Waals surface area contributed by atoms with Crippen LogP contribution < -0.4 is 12.4 Å². The fourth-order valence-corrected chi connectivity index (χ4v) is 3.63. The van der Waals surface area contributed by atoms with E-state index in [1.165, 1.54) is 11.1 Å². The van der Waals surface area contributed by atoms with Gasteiger partial charge in [0, 0.05) is 12.3 Å². The summed E-state index contributed by atoms with van der Waals surface area (Å²) in [7, 11) is 2.37. The van der Waals surface area contributed by atoms with Crippen molar-refractivity contribution in [2.75, 3.05) is 13.6 Å². The van der Waals surface area contributed by atoms with Crippen molar-refractivity contribution in [2.45, 2.75) is 59.0 Å². The molecule has 0 saturated heterocycles. The number of quaternary nitrogens is 1. The summed E-state index contributed by atoms with van der Waals surface area (Å²) in [6, 6.07) is 18.0. The van der Waals surface area contributed by atoms with Crippen LogP contribution in [0.25, 0.3) is 0 Å². The first-order chi connectivity index (χ1) is 11.8. The van der Waals surface area contributed by atoms with Gasteiger partial charge in [0.15, 0.2) is 0 Å². The Morgan fingerprint density at radius 2 is 1.46 bits per heavy atom. The average Bonchev–Trinajstić information content (AvgIpc) is 2.58. The predicted molar refractivity (Wildman–Crippen MR) is 107 cm³/mol. The molecule has 26 heavy (non-hydrogen) atoms. The third-order valence-electron chi connectivity index (χ3n) is 6.08. The molecule has 1 N–H and O–H groups in total. The quantitative estimate of drug-likeness (QED) is 0.737. The molecular formula is C23H34ClNO. The normalized spacial score (nSPS) is 12.9. The van der Waals surface area contributed by atoms with Crippen molar-refractivity contribution >= 4 is 0 Å². The fourth-order valence-electron chi connectivity index (χ4n) is 3.63. The molecule has 0 bridgehead atoms. The highest BCUT2D eigenvalue weighted by molar-refractivity contribution is 5.40. The molecule has 0 aliphatic heterocycles. The molecule has 0 fully saturated rings. The molecule has 2 aromatic rings. The first-order valence-corrected chi connectivity index (χ1v) is 9.45. The standard InChI is InChI=1S/C23H33NO.ClH/c1-17(2)24(6,18(3)4)15-14-22(20-10-8-7-9-11-20)21-12-13-23(25)19(5)16-21;/h7-13,16-18,22H,14-15H2,1-6H3;1H/t22-;/m1./s1. The zero-order valence-electron chi connectivity index (χ0n) is 17.0. The number of benzene rings is 2. The van der Waals surface area contributed by atoms with Crippen LogP contribution in [0.4, 0.5) is 0 Å². The van der Waals surface area contributed by atoms with Gasteiger partial charge in [0.2, 0.25) is 0 Å². The van der Waals surface area contributed by atoms with Gasteiger partial charge in [-0.05, 0) is 57.4 Å². The highest BCUT2D eigenvalue weighted by Crippen LogP contribution is 2.32. The highest BCUT2D eigenvalue weighted by atomic mass is 35.5. The Kier molecular flexibility index (Phi) is 8.17. The third-order valence-corrected chi connectivity index (χ3v) is 6.08. The Morgan fingerprint density at radius 3 is 1.96 bits per heavy atom. The summed E-state index contributed by atoms with van der Waals surface area (Å²) in [5.74, 6) is 0.732. The van der Waals surface area contributed by atoms with Crippen molar-refractivity contribution in [3.63, 3.8) is 0 Å². The van der Waals surface area contributed by atoms with Crippen LogP contribution in [0.1, 0.15) is 56.7 Å². The number of rotatable bonds is 7. The summed E-state index contributed by atoms with van der Waals surface area (Å²) in [6.07, 6.45) is 1.10. The van der Waals surface area contributed by atoms with Crippen molar-refractivity contribution in [2.24, 2.45) is 0 Å². The molecule has 2 rings (SSSR count). The lowest BCUT2D eigenvalue weighted by Gasteiger charge is -2.43. The molecule has 0 amide bonds. The van der Waals surface area contributed by atoms with Gasteiger partial charge >= 0.3 is 0 Å². The van der Waals surface area contributed by atoms with Crippen molar-refractivity contribution in [3.8, 4) is 5.75 Å². The smallest absolute Gasteiger partial charge is 0.118 e. The zero-order valence-corrected chi connectivity index (χ0v) is 17.8. The van der Waals surface area contributed by atoms with Crippen LogP contribution >= 0.6 is 0 Å². The van der Waals surface area contributed by atoms with Crippen LogP contribution in [0.2, 0.25) is 0 Å². The SMILES string of the molecule is Cc1cc([C@H](CC[N+](C)(C(C)C)C(C)C)c2ccccc2)ccc1O.[Cl-]. The van der Waals surface area contributed by atoms with Crippen molar-refractivity contribution in [1.29, 1.82) is 0 Å². The summed E-state index contributed by atoms with van der Waals surface area (Å²) in [5.41, 5.74) is 3.59. The van der Waals surface area contributed by atoms with E-state index in [1.54, 1.807) is 0 Å². The van der Waals surface area contributed by atoms with E-state index in [1.807, 2.05) is 13.0 Å². The number of aromatic hydroxyl groups is 1. The van der Waals surface area contributed by atoms with E-state index in [0.29, 0.717) is 23.8 Å². The maximum absolute atomic E-state index is 9.90. The van der Waals surface area contributed by atoms with Crippen molar-refractivity contribution in [3.05, 3.63) is 65.2 Å². The average molecular weight is 376 g/mol. The van der Waals surface area contributed by atoms with Crippen LogP contribution in [-0.4, -0.2) is 35.3 Å². The first kappa shape index (κ1) is 22.5. The van der Waals surface area contributed by atoms with E-state index in [2.05, 4.69) is 77.2 Å². The second kappa shape index (κ2) is 9.43. The number of hydrogen-bond acceptors (Lipinski definition) is 1. The molecule has 2 aromatic carbocycles. The van der Waals surface area contributed by atoms with Gasteiger partial charge in [-0.1, -0.05) is 42.5 Å². The molecule has 144 valence electrons. The van der Waals surface area contributed by atoms with E-state index in [9.17, 15) is 5.11 Å². The molecule has 0 aromatic heterocycles. The Bertz CT molecular complexity index is 674. The van der Waals surface area contributed by atoms with E-state index in [4.69, 9.17) is 0 Å². The summed E-state index contributed by atoms with van der Waals surface area (Å²) in [4.78, 5) is 0. The minimum absolute atomic E-state index is 0. The van der Waals surface area contributed by atoms with Crippen LogP contribution in [0.3, 0.4) is 0 Å². The minimum Gasteiger partial charge on any atom is -1.00 e. The van der Waals surface area contributed by atoms with Gasteiger partial charge in [0.25, 0.3) is 0 Å². The molecule has 0 aliphatic carbocycles. The van der Waals surface area contributed by atoms with E-state index < -0.39 is 0 Å². The number of halogens is 1. The number of nitrogens with zero attached hydrogens (tertiary/aromatic N) is 1.